The van der Waals surface area contributed by atoms with Crippen molar-refractivity contribution in [3.8, 4) is 5.75 Å². The maximum absolute atomic E-state index is 10.9. The highest BCUT2D eigenvalue weighted by Crippen LogP contribution is 2.25. The summed E-state index contributed by atoms with van der Waals surface area (Å²) >= 11 is 5.64. The molecule has 0 aromatic heterocycles. The van der Waals surface area contributed by atoms with Crippen LogP contribution >= 0.6 is 11.6 Å². The number of alkyl halides is 1. The number of ether oxygens (including phenoxy) is 1. The Morgan fingerprint density at radius 3 is 2.64 bits per heavy atom. The summed E-state index contributed by atoms with van der Waals surface area (Å²) in [6, 6.07) is 3.35. The Morgan fingerprint density at radius 1 is 1.57 bits per heavy atom. The first-order chi connectivity index (χ1) is 6.60. The van der Waals surface area contributed by atoms with Crippen molar-refractivity contribution in [1.82, 2.24) is 0 Å². The molecule has 76 valence electrons. The maximum Gasteiger partial charge on any atom is 0.339 e. The van der Waals surface area contributed by atoms with Crippen LogP contribution in [0.2, 0.25) is 0 Å². The van der Waals surface area contributed by atoms with Crippen molar-refractivity contribution in [3.63, 3.8) is 0 Å². The molecule has 0 amide bonds. The van der Waals surface area contributed by atoms with E-state index in [2.05, 4.69) is 0 Å². The van der Waals surface area contributed by atoms with E-state index in [4.69, 9.17) is 21.4 Å². The van der Waals surface area contributed by atoms with Crippen molar-refractivity contribution in [2.75, 3.05) is 7.11 Å². The van der Waals surface area contributed by atoms with Gasteiger partial charge in [0.1, 0.15) is 11.3 Å². The zero-order chi connectivity index (χ0) is 10.7. The molecule has 0 saturated carbocycles. The van der Waals surface area contributed by atoms with Gasteiger partial charge in [-0.15, -0.1) is 11.6 Å². The number of halogens is 1. The van der Waals surface area contributed by atoms with Crippen LogP contribution in [0.15, 0.2) is 12.1 Å². The Labute approximate surface area is 87.3 Å². The number of carbonyl (C=O) groups is 1. The number of hydrogen-bond acceptors (Lipinski definition) is 2. The molecule has 0 saturated heterocycles. The number of hydrogen-bond donors (Lipinski definition) is 1. The first-order valence-electron chi connectivity index (χ1n) is 4.07. The van der Waals surface area contributed by atoms with E-state index in [9.17, 15) is 4.79 Å². The Morgan fingerprint density at radius 2 is 2.21 bits per heavy atom. The van der Waals surface area contributed by atoms with Gasteiger partial charge in [-0.3, -0.25) is 0 Å². The lowest BCUT2D eigenvalue weighted by Crippen LogP contribution is -2.03. The summed E-state index contributed by atoms with van der Waals surface area (Å²) in [6.45, 7) is 1.79. The van der Waals surface area contributed by atoms with Crippen LogP contribution in [0.4, 0.5) is 0 Å². The summed E-state index contributed by atoms with van der Waals surface area (Å²) in [7, 11) is 1.45. The van der Waals surface area contributed by atoms with Crippen LogP contribution in [0.3, 0.4) is 0 Å². The molecule has 0 fully saturated rings. The molecule has 1 aromatic carbocycles. The molecule has 1 aromatic rings. The van der Waals surface area contributed by atoms with E-state index in [0.29, 0.717) is 11.6 Å². The lowest BCUT2D eigenvalue weighted by molar-refractivity contribution is 0.0693. The molecule has 4 heteroatoms. The second kappa shape index (κ2) is 4.33. The van der Waals surface area contributed by atoms with Crippen LogP contribution in [-0.4, -0.2) is 18.2 Å². The molecular weight excluding hydrogens is 204 g/mol. The van der Waals surface area contributed by atoms with Crippen LogP contribution in [0, 0.1) is 6.92 Å². The van der Waals surface area contributed by atoms with Gasteiger partial charge in [0.2, 0.25) is 0 Å². The van der Waals surface area contributed by atoms with Gasteiger partial charge in [-0.25, -0.2) is 4.79 Å². The Balaban J connectivity index is 3.35. The summed E-state index contributed by atoms with van der Waals surface area (Å²) in [4.78, 5) is 10.9. The van der Waals surface area contributed by atoms with Gasteiger partial charge < -0.3 is 9.84 Å². The van der Waals surface area contributed by atoms with E-state index in [-0.39, 0.29) is 5.56 Å². The first-order valence-corrected chi connectivity index (χ1v) is 4.60. The molecule has 0 aliphatic heterocycles. The van der Waals surface area contributed by atoms with Gasteiger partial charge in [-0.1, -0.05) is 6.07 Å². The highest BCUT2D eigenvalue weighted by atomic mass is 35.5. The van der Waals surface area contributed by atoms with Gasteiger partial charge in [0.25, 0.3) is 0 Å². The molecule has 0 bridgehead atoms. The second-order valence-corrected chi connectivity index (χ2v) is 3.20. The minimum atomic E-state index is -1.00. The normalized spacial score (nSPS) is 9.93. The Kier molecular flexibility index (Phi) is 3.36. The third-order valence-electron chi connectivity index (χ3n) is 1.92. The molecule has 0 radical (unpaired) electrons. The molecule has 1 N–H and O–H groups in total. The smallest absolute Gasteiger partial charge is 0.339 e. The van der Waals surface area contributed by atoms with Crippen LogP contribution < -0.4 is 4.74 Å². The predicted molar refractivity (Wildman–Crippen MR) is 54.2 cm³/mol. The molecule has 0 heterocycles. The van der Waals surface area contributed by atoms with Crippen molar-refractivity contribution in [2.24, 2.45) is 0 Å². The minimum absolute atomic E-state index is 0.156. The topological polar surface area (TPSA) is 46.5 Å². The van der Waals surface area contributed by atoms with Gasteiger partial charge in [-0.2, -0.15) is 0 Å². The number of rotatable bonds is 3. The lowest BCUT2D eigenvalue weighted by Gasteiger charge is -2.09. The van der Waals surface area contributed by atoms with Gasteiger partial charge >= 0.3 is 5.97 Å². The third-order valence-corrected chi connectivity index (χ3v) is 2.23. The van der Waals surface area contributed by atoms with Gasteiger partial charge in [-0.05, 0) is 24.1 Å². The number of aryl methyl sites for hydroxylation is 1. The molecular formula is C10H11ClO3. The highest BCUT2D eigenvalue weighted by Gasteiger charge is 2.14. The SMILES string of the molecule is COc1c(C)cc(CCl)cc1C(=O)O. The van der Waals surface area contributed by atoms with Gasteiger partial charge in [0, 0.05) is 5.88 Å². The zero-order valence-electron chi connectivity index (χ0n) is 8.00. The van der Waals surface area contributed by atoms with Crippen molar-refractivity contribution in [3.05, 3.63) is 28.8 Å². The molecule has 3 nitrogen and oxygen atoms in total. The predicted octanol–water partition coefficient (Wildman–Crippen LogP) is 2.44. The second-order valence-electron chi connectivity index (χ2n) is 2.93. The minimum Gasteiger partial charge on any atom is -0.496 e. The number of benzene rings is 1. The largest absolute Gasteiger partial charge is 0.496 e. The number of aromatic carboxylic acids is 1. The van der Waals surface area contributed by atoms with E-state index in [1.165, 1.54) is 13.2 Å². The fraction of sp³-hybridized carbons (Fsp3) is 0.300. The van der Waals surface area contributed by atoms with Crippen molar-refractivity contribution >= 4 is 17.6 Å². The quantitative estimate of drug-likeness (QED) is 0.787. The fourth-order valence-electron chi connectivity index (χ4n) is 1.36. The standard InChI is InChI=1S/C10H11ClO3/c1-6-3-7(5-11)4-8(10(12)13)9(6)14-2/h3-4H,5H2,1-2H3,(H,12,13). The fourth-order valence-corrected chi connectivity index (χ4v) is 1.51. The summed E-state index contributed by atoms with van der Waals surface area (Å²) in [5, 5.41) is 8.92. The van der Waals surface area contributed by atoms with Gasteiger partial charge in [0.15, 0.2) is 0 Å². The molecule has 14 heavy (non-hydrogen) atoms. The lowest BCUT2D eigenvalue weighted by atomic mass is 10.1. The van der Waals surface area contributed by atoms with Crippen LogP contribution in [0.25, 0.3) is 0 Å². The van der Waals surface area contributed by atoms with E-state index < -0.39 is 5.97 Å². The summed E-state index contributed by atoms with van der Waals surface area (Å²) in [6.07, 6.45) is 0. The average Bonchev–Trinajstić information content (AvgIpc) is 2.16. The molecule has 0 spiro atoms. The van der Waals surface area contributed by atoms with E-state index in [0.717, 1.165) is 11.1 Å². The number of methoxy groups -OCH3 is 1. The van der Waals surface area contributed by atoms with E-state index in [1.54, 1.807) is 6.92 Å². The van der Waals surface area contributed by atoms with Crippen LogP contribution in [0.5, 0.6) is 5.75 Å². The summed E-state index contributed by atoms with van der Waals surface area (Å²) in [5.41, 5.74) is 1.72. The van der Waals surface area contributed by atoms with Crippen molar-refractivity contribution in [1.29, 1.82) is 0 Å². The average molecular weight is 215 g/mol. The summed E-state index contributed by atoms with van der Waals surface area (Å²) in [5.74, 6) is -0.311. The zero-order valence-corrected chi connectivity index (χ0v) is 8.76. The monoisotopic (exact) mass is 214 g/mol. The Bertz CT molecular complexity index is 361. The molecule has 0 aliphatic rings. The molecule has 1 rings (SSSR count). The maximum atomic E-state index is 10.9. The highest BCUT2D eigenvalue weighted by molar-refractivity contribution is 6.17. The number of carboxylic acids is 1. The summed E-state index contributed by atoms with van der Waals surface area (Å²) < 4.78 is 5.01. The molecule has 0 unspecified atom stereocenters. The first kappa shape index (κ1) is 10.9. The molecule has 0 atom stereocenters. The van der Waals surface area contributed by atoms with Crippen molar-refractivity contribution < 1.29 is 14.6 Å². The van der Waals surface area contributed by atoms with Crippen molar-refractivity contribution in [2.45, 2.75) is 12.8 Å². The van der Waals surface area contributed by atoms with E-state index in [1.807, 2.05) is 6.07 Å². The third kappa shape index (κ3) is 1.99. The molecule has 0 aliphatic carbocycles. The Hall–Kier alpha value is -1.22. The van der Waals surface area contributed by atoms with E-state index >= 15 is 0 Å². The van der Waals surface area contributed by atoms with Crippen LogP contribution in [0.1, 0.15) is 21.5 Å². The van der Waals surface area contributed by atoms with Gasteiger partial charge in [0.05, 0.1) is 7.11 Å². The number of carboxylic acid groups (broad SMARTS) is 1. The van der Waals surface area contributed by atoms with Crippen LogP contribution in [-0.2, 0) is 5.88 Å².